The predicted octanol–water partition coefficient (Wildman–Crippen LogP) is 2.59. The Hall–Kier alpha value is -1.27. The van der Waals surface area contributed by atoms with Crippen LogP contribution in [0.3, 0.4) is 0 Å². The van der Waals surface area contributed by atoms with Gasteiger partial charge < -0.3 is 9.80 Å². The van der Waals surface area contributed by atoms with Gasteiger partial charge in [0.1, 0.15) is 6.04 Å². The van der Waals surface area contributed by atoms with E-state index >= 15 is 0 Å². The van der Waals surface area contributed by atoms with Crippen molar-refractivity contribution in [3.8, 4) is 0 Å². The highest BCUT2D eigenvalue weighted by molar-refractivity contribution is 8.13. The second-order valence-electron chi connectivity index (χ2n) is 5.04. The Kier molecular flexibility index (Phi) is 4.49. The lowest BCUT2D eigenvalue weighted by Gasteiger charge is -2.41. The molecular formula is C14H19ClN2O3S. The van der Waals surface area contributed by atoms with Crippen molar-refractivity contribution in [2.75, 3.05) is 22.9 Å². The van der Waals surface area contributed by atoms with E-state index in [4.69, 9.17) is 10.7 Å². The number of hydrogen-bond donors (Lipinski definition) is 0. The number of nitrogens with zero attached hydrogens (tertiary/aromatic N) is 2. The first-order valence-corrected chi connectivity index (χ1v) is 9.28. The zero-order valence-corrected chi connectivity index (χ0v) is 13.9. The fourth-order valence-corrected chi connectivity index (χ4v) is 3.45. The number of halogens is 1. The number of amides is 1. The highest BCUT2D eigenvalue weighted by Crippen LogP contribution is 2.38. The number of carbonyl (C=O) groups excluding carboxylic acids is 1. The molecule has 2 rings (SSSR count). The van der Waals surface area contributed by atoms with Gasteiger partial charge in [0, 0.05) is 23.8 Å². The highest BCUT2D eigenvalue weighted by Gasteiger charge is 2.34. The molecule has 0 spiro atoms. The lowest BCUT2D eigenvalue weighted by atomic mass is 10.1. The first kappa shape index (κ1) is 16.1. The Morgan fingerprint density at radius 2 is 1.90 bits per heavy atom. The minimum atomic E-state index is -3.81. The third-order valence-corrected chi connectivity index (χ3v) is 5.05. The van der Waals surface area contributed by atoms with E-state index in [-0.39, 0.29) is 16.8 Å². The number of carbonyl (C=O) groups is 1. The van der Waals surface area contributed by atoms with Crippen LogP contribution in [0.4, 0.5) is 11.4 Å². The summed E-state index contributed by atoms with van der Waals surface area (Å²) in [5, 5.41) is 0. The molecule has 21 heavy (non-hydrogen) atoms. The Bertz CT molecular complexity index is 660. The molecule has 1 aliphatic heterocycles. The largest absolute Gasteiger partial charge is 0.358 e. The van der Waals surface area contributed by atoms with Crippen LogP contribution in [0.25, 0.3) is 0 Å². The molecule has 116 valence electrons. The lowest BCUT2D eigenvalue weighted by molar-refractivity contribution is -0.119. The van der Waals surface area contributed by atoms with Crippen molar-refractivity contribution in [2.24, 2.45) is 0 Å². The fraction of sp³-hybridized carbons (Fsp3) is 0.500. The minimum Gasteiger partial charge on any atom is -0.358 e. The van der Waals surface area contributed by atoms with Gasteiger partial charge in [0.25, 0.3) is 9.05 Å². The van der Waals surface area contributed by atoms with Gasteiger partial charge in [-0.15, -0.1) is 0 Å². The topological polar surface area (TPSA) is 57.7 Å². The zero-order chi connectivity index (χ0) is 15.8. The van der Waals surface area contributed by atoms with Gasteiger partial charge in [-0.05, 0) is 38.5 Å². The summed E-state index contributed by atoms with van der Waals surface area (Å²) in [6.07, 6.45) is 0.902. The molecule has 1 heterocycles. The highest BCUT2D eigenvalue weighted by atomic mass is 35.7. The van der Waals surface area contributed by atoms with Crippen LogP contribution in [-0.2, 0) is 13.8 Å². The molecule has 0 radical (unpaired) electrons. The molecule has 1 aliphatic rings. The predicted molar refractivity (Wildman–Crippen MR) is 84.6 cm³/mol. The molecule has 1 unspecified atom stereocenters. The standard InChI is InChI=1S/C14H19ClN2O3S/c1-4-8-17-10(3)14(18)16(5-2)13-9-11(21(15,19)20)6-7-12(13)17/h6-7,9-10H,4-5,8H2,1-3H3. The van der Waals surface area contributed by atoms with E-state index in [1.165, 1.54) is 12.1 Å². The number of anilines is 2. The number of fused-ring (bicyclic) bond motifs is 1. The summed E-state index contributed by atoms with van der Waals surface area (Å²) in [6, 6.07) is 4.44. The Morgan fingerprint density at radius 3 is 2.43 bits per heavy atom. The number of rotatable bonds is 4. The molecule has 7 heteroatoms. The molecule has 0 aromatic heterocycles. The van der Waals surface area contributed by atoms with E-state index in [1.807, 2.05) is 25.7 Å². The Morgan fingerprint density at radius 1 is 1.24 bits per heavy atom. The van der Waals surface area contributed by atoms with E-state index in [2.05, 4.69) is 0 Å². The average Bonchev–Trinajstić information content (AvgIpc) is 2.43. The minimum absolute atomic E-state index is 0.0140. The molecule has 0 fully saturated rings. The van der Waals surface area contributed by atoms with Gasteiger partial charge in [0.05, 0.1) is 16.3 Å². The van der Waals surface area contributed by atoms with Crippen molar-refractivity contribution in [1.82, 2.24) is 0 Å². The van der Waals surface area contributed by atoms with Crippen LogP contribution >= 0.6 is 10.7 Å². The normalized spacial score (nSPS) is 18.9. The van der Waals surface area contributed by atoms with Gasteiger partial charge in [0.15, 0.2) is 0 Å². The van der Waals surface area contributed by atoms with Gasteiger partial charge in [-0.3, -0.25) is 4.79 Å². The van der Waals surface area contributed by atoms with Crippen LogP contribution < -0.4 is 9.80 Å². The molecular weight excluding hydrogens is 312 g/mol. The van der Waals surface area contributed by atoms with E-state index in [9.17, 15) is 13.2 Å². The summed E-state index contributed by atoms with van der Waals surface area (Å²) in [7, 11) is 1.60. The van der Waals surface area contributed by atoms with Gasteiger partial charge in [0.2, 0.25) is 5.91 Å². The third kappa shape index (κ3) is 2.87. The van der Waals surface area contributed by atoms with Crippen molar-refractivity contribution >= 4 is 37.0 Å². The zero-order valence-electron chi connectivity index (χ0n) is 12.3. The van der Waals surface area contributed by atoms with Crippen LogP contribution in [-0.4, -0.2) is 33.5 Å². The maximum absolute atomic E-state index is 12.5. The Labute approximate surface area is 129 Å². The number of likely N-dealkylation sites (N-methyl/N-ethyl adjacent to an activating group) is 1. The molecule has 1 atom stereocenters. The monoisotopic (exact) mass is 330 g/mol. The molecule has 5 nitrogen and oxygen atoms in total. The summed E-state index contributed by atoms with van der Waals surface area (Å²) in [6.45, 7) is 7.01. The maximum Gasteiger partial charge on any atom is 0.261 e. The van der Waals surface area contributed by atoms with E-state index in [0.29, 0.717) is 12.2 Å². The second kappa shape index (κ2) is 5.85. The van der Waals surface area contributed by atoms with Gasteiger partial charge in [-0.2, -0.15) is 0 Å². The van der Waals surface area contributed by atoms with E-state index in [1.54, 1.807) is 11.0 Å². The van der Waals surface area contributed by atoms with Crippen LogP contribution in [0.1, 0.15) is 27.2 Å². The molecule has 0 saturated heterocycles. The first-order valence-electron chi connectivity index (χ1n) is 6.98. The van der Waals surface area contributed by atoms with Crippen LogP contribution in [0.5, 0.6) is 0 Å². The average molecular weight is 331 g/mol. The van der Waals surface area contributed by atoms with Gasteiger partial charge in [-0.1, -0.05) is 6.92 Å². The summed E-state index contributed by atoms with van der Waals surface area (Å²) in [5.74, 6) is -0.0254. The molecule has 1 aromatic rings. The summed E-state index contributed by atoms with van der Waals surface area (Å²) in [4.78, 5) is 16.1. The summed E-state index contributed by atoms with van der Waals surface area (Å²) < 4.78 is 23.0. The van der Waals surface area contributed by atoms with Crippen molar-refractivity contribution in [3.63, 3.8) is 0 Å². The van der Waals surface area contributed by atoms with Crippen molar-refractivity contribution < 1.29 is 13.2 Å². The van der Waals surface area contributed by atoms with Gasteiger partial charge in [-0.25, -0.2) is 8.42 Å². The lowest BCUT2D eigenvalue weighted by Crippen LogP contribution is -2.52. The number of hydrogen-bond acceptors (Lipinski definition) is 4. The Balaban J connectivity index is 2.63. The summed E-state index contributed by atoms with van der Waals surface area (Å²) in [5.41, 5.74) is 1.48. The third-order valence-electron chi connectivity index (χ3n) is 3.70. The van der Waals surface area contributed by atoms with Crippen molar-refractivity contribution in [3.05, 3.63) is 18.2 Å². The van der Waals surface area contributed by atoms with E-state index < -0.39 is 9.05 Å². The molecule has 1 amide bonds. The number of benzene rings is 1. The molecule has 0 saturated carbocycles. The van der Waals surface area contributed by atoms with Crippen LogP contribution in [0.2, 0.25) is 0 Å². The van der Waals surface area contributed by atoms with Crippen molar-refractivity contribution in [2.45, 2.75) is 38.1 Å². The van der Waals surface area contributed by atoms with Crippen molar-refractivity contribution in [1.29, 1.82) is 0 Å². The van der Waals surface area contributed by atoms with Gasteiger partial charge >= 0.3 is 0 Å². The van der Waals surface area contributed by atoms with Crippen LogP contribution in [0, 0.1) is 0 Å². The summed E-state index contributed by atoms with van der Waals surface area (Å²) >= 11 is 0. The molecule has 0 bridgehead atoms. The maximum atomic E-state index is 12.5. The molecule has 0 N–H and O–H groups in total. The molecule has 0 aliphatic carbocycles. The SMILES string of the molecule is CCCN1c2ccc(S(=O)(=O)Cl)cc2N(CC)C(=O)C1C. The van der Waals surface area contributed by atoms with Crippen LogP contribution in [0.15, 0.2) is 23.1 Å². The fourth-order valence-electron chi connectivity index (χ4n) is 2.68. The smallest absolute Gasteiger partial charge is 0.261 e. The van der Waals surface area contributed by atoms with E-state index in [0.717, 1.165) is 18.7 Å². The quantitative estimate of drug-likeness (QED) is 0.796. The second-order valence-corrected chi connectivity index (χ2v) is 7.61. The molecule has 1 aromatic carbocycles. The first-order chi connectivity index (χ1) is 9.81.